The van der Waals surface area contributed by atoms with Crippen LogP contribution in [0, 0.1) is 0 Å². The van der Waals surface area contributed by atoms with Gasteiger partial charge in [-0.25, -0.2) is 4.39 Å². The summed E-state index contributed by atoms with van der Waals surface area (Å²) >= 11 is 11.3. The Hall–Kier alpha value is -1.13. The van der Waals surface area contributed by atoms with E-state index in [0.29, 0.717) is 16.7 Å². The molecule has 2 aromatic rings. The zero-order chi connectivity index (χ0) is 17.2. The van der Waals surface area contributed by atoms with Crippen molar-refractivity contribution in [2.45, 2.75) is 26.1 Å². The molecule has 2 atom stereocenters. The first-order valence-corrected chi connectivity index (χ1v) is 8.23. The van der Waals surface area contributed by atoms with Crippen LogP contribution in [0.2, 0.25) is 10.0 Å². The Balaban J connectivity index is 0.000000208. The van der Waals surface area contributed by atoms with Gasteiger partial charge in [0.2, 0.25) is 0 Å². The quantitative estimate of drug-likeness (QED) is 0.705. The van der Waals surface area contributed by atoms with Crippen molar-refractivity contribution in [3.05, 3.63) is 69.7 Å². The van der Waals surface area contributed by atoms with E-state index in [2.05, 4.69) is 0 Å². The Morgan fingerprint density at radius 3 is 1.87 bits per heavy atom. The van der Waals surface area contributed by atoms with Gasteiger partial charge < -0.3 is 9.84 Å². The van der Waals surface area contributed by atoms with Gasteiger partial charge in [-0.15, -0.1) is 0 Å². The van der Waals surface area contributed by atoms with Gasteiger partial charge in [0.1, 0.15) is 12.3 Å². The van der Waals surface area contributed by atoms with Crippen molar-refractivity contribution in [2.75, 3.05) is 13.2 Å². The molecule has 0 aromatic heterocycles. The number of benzene rings is 2. The highest BCUT2D eigenvalue weighted by atomic mass is 35.5. The molecule has 1 saturated heterocycles. The lowest BCUT2D eigenvalue weighted by Gasteiger charge is -2.03. The first kappa shape index (κ1) is 19.9. The van der Waals surface area contributed by atoms with E-state index in [1.165, 1.54) is 5.56 Å². The topological polar surface area (TPSA) is 32.8 Å². The molecular weight excluding hydrogens is 338 g/mol. The molecule has 1 aliphatic heterocycles. The number of epoxide rings is 1. The number of rotatable bonds is 3. The van der Waals surface area contributed by atoms with Gasteiger partial charge in [0.15, 0.2) is 0 Å². The second-order valence-electron chi connectivity index (χ2n) is 4.58. The number of halogens is 3. The third-order valence-corrected chi connectivity index (χ3v) is 3.47. The van der Waals surface area contributed by atoms with E-state index in [0.717, 1.165) is 11.6 Å². The summed E-state index contributed by atoms with van der Waals surface area (Å²) in [5.74, 6) is 0. The molecule has 1 N–H and O–H groups in total. The summed E-state index contributed by atoms with van der Waals surface area (Å²) in [6.07, 6.45) is -0.954. The molecule has 2 aromatic carbocycles. The van der Waals surface area contributed by atoms with Crippen molar-refractivity contribution in [3.8, 4) is 0 Å². The Kier molecular flexibility index (Phi) is 9.19. The minimum Gasteiger partial charge on any atom is -0.393 e. The third-order valence-electron chi connectivity index (χ3n) is 2.97. The molecule has 0 saturated carbocycles. The number of alkyl halides is 1. The summed E-state index contributed by atoms with van der Waals surface area (Å²) in [4.78, 5) is 0. The van der Waals surface area contributed by atoms with Crippen LogP contribution in [0.25, 0.3) is 0 Å². The van der Waals surface area contributed by atoms with Crippen LogP contribution in [0.3, 0.4) is 0 Å². The van der Waals surface area contributed by atoms with Crippen molar-refractivity contribution < 1.29 is 14.2 Å². The second-order valence-corrected chi connectivity index (χ2v) is 5.45. The highest BCUT2D eigenvalue weighted by Gasteiger charge is 2.23. The van der Waals surface area contributed by atoms with Gasteiger partial charge >= 0.3 is 0 Å². The van der Waals surface area contributed by atoms with Crippen LogP contribution in [-0.4, -0.2) is 18.3 Å². The zero-order valence-electron chi connectivity index (χ0n) is 13.2. The van der Waals surface area contributed by atoms with E-state index >= 15 is 0 Å². The predicted molar refractivity (Wildman–Crippen MR) is 93.9 cm³/mol. The zero-order valence-corrected chi connectivity index (χ0v) is 14.7. The predicted octanol–water partition coefficient (Wildman–Crippen LogP) is 5.78. The molecule has 1 fully saturated rings. The molecule has 126 valence electrons. The molecule has 1 aliphatic rings. The summed E-state index contributed by atoms with van der Waals surface area (Å²) in [6.45, 7) is 4.38. The maximum Gasteiger partial charge on any atom is 0.148 e. The van der Waals surface area contributed by atoms with Gasteiger partial charge in [0, 0.05) is 10.0 Å². The number of hydrogen-bond acceptors (Lipinski definition) is 2. The van der Waals surface area contributed by atoms with Crippen molar-refractivity contribution >= 4 is 23.2 Å². The van der Waals surface area contributed by atoms with E-state index in [4.69, 9.17) is 33.0 Å². The van der Waals surface area contributed by atoms with Gasteiger partial charge in [-0.1, -0.05) is 61.3 Å². The van der Waals surface area contributed by atoms with Crippen molar-refractivity contribution in [3.63, 3.8) is 0 Å². The van der Waals surface area contributed by atoms with Crippen LogP contribution in [0.5, 0.6) is 0 Å². The minimum absolute atomic E-state index is 0.345. The van der Waals surface area contributed by atoms with Gasteiger partial charge in [-0.2, -0.15) is 0 Å². The van der Waals surface area contributed by atoms with Gasteiger partial charge in [0.25, 0.3) is 0 Å². The van der Waals surface area contributed by atoms with Gasteiger partial charge in [0.05, 0.1) is 13.2 Å². The standard InChI is InChI=1S/C8H8ClFO.C8H7ClO.C2H6/c9-7-3-1-6(2-4-7)8(10)5-11;9-7-3-1-6(2-4-7)8-5-10-8;1-2/h1-4,8,11H,5H2;1-4,8H,5H2;1-2H3. The normalized spacial score (nSPS) is 16.3. The van der Waals surface area contributed by atoms with Crippen molar-refractivity contribution in [2.24, 2.45) is 0 Å². The third kappa shape index (κ3) is 7.32. The fourth-order valence-electron chi connectivity index (χ4n) is 1.70. The molecule has 2 nitrogen and oxygen atoms in total. The minimum atomic E-state index is -1.30. The van der Waals surface area contributed by atoms with Crippen LogP contribution >= 0.6 is 23.2 Å². The summed E-state index contributed by atoms with van der Waals surface area (Å²) in [5, 5.41) is 9.80. The molecule has 0 spiro atoms. The molecular formula is C18H21Cl2FO2. The monoisotopic (exact) mass is 358 g/mol. The van der Waals surface area contributed by atoms with E-state index in [1.807, 2.05) is 38.1 Å². The molecule has 0 amide bonds. The van der Waals surface area contributed by atoms with Gasteiger partial charge in [-0.05, 0) is 35.4 Å². The first-order chi connectivity index (χ1) is 11.1. The number of aliphatic hydroxyl groups excluding tert-OH is 1. The lowest BCUT2D eigenvalue weighted by atomic mass is 10.1. The van der Waals surface area contributed by atoms with Crippen LogP contribution in [0.1, 0.15) is 37.3 Å². The maximum absolute atomic E-state index is 12.7. The van der Waals surface area contributed by atoms with Crippen LogP contribution in [0.15, 0.2) is 48.5 Å². The average molecular weight is 359 g/mol. The molecule has 23 heavy (non-hydrogen) atoms. The van der Waals surface area contributed by atoms with Crippen molar-refractivity contribution in [1.82, 2.24) is 0 Å². The van der Waals surface area contributed by atoms with Crippen LogP contribution in [0.4, 0.5) is 4.39 Å². The Labute approximate surface area is 146 Å². The number of ether oxygens (including phenoxy) is 1. The Bertz CT molecular complexity index is 554. The van der Waals surface area contributed by atoms with E-state index < -0.39 is 12.8 Å². The number of aliphatic hydroxyl groups is 1. The molecule has 3 rings (SSSR count). The lowest BCUT2D eigenvalue weighted by Crippen LogP contribution is -1.95. The largest absolute Gasteiger partial charge is 0.393 e. The van der Waals surface area contributed by atoms with Crippen molar-refractivity contribution in [1.29, 1.82) is 0 Å². The Morgan fingerprint density at radius 1 is 1.04 bits per heavy atom. The van der Waals surface area contributed by atoms with Gasteiger partial charge in [-0.3, -0.25) is 0 Å². The highest BCUT2D eigenvalue weighted by Crippen LogP contribution is 2.29. The van der Waals surface area contributed by atoms with Crippen LogP contribution < -0.4 is 0 Å². The van der Waals surface area contributed by atoms with E-state index in [1.54, 1.807) is 24.3 Å². The summed E-state index contributed by atoms with van der Waals surface area (Å²) in [5.41, 5.74) is 1.68. The molecule has 5 heteroatoms. The molecule has 2 unspecified atom stereocenters. The maximum atomic E-state index is 12.7. The fraction of sp³-hybridized carbons (Fsp3) is 0.333. The fourth-order valence-corrected chi connectivity index (χ4v) is 1.95. The smallest absolute Gasteiger partial charge is 0.148 e. The summed E-state index contributed by atoms with van der Waals surface area (Å²) in [6, 6.07) is 14.1. The molecule has 1 heterocycles. The number of hydrogen-bond donors (Lipinski definition) is 1. The molecule has 0 bridgehead atoms. The lowest BCUT2D eigenvalue weighted by molar-refractivity contribution is 0.180. The van der Waals surface area contributed by atoms with E-state index in [9.17, 15) is 4.39 Å². The Morgan fingerprint density at radius 2 is 1.48 bits per heavy atom. The SMILES string of the molecule is CC.Clc1ccc(C2CO2)cc1.OCC(F)c1ccc(Cl)cc1. The average Bonchev–Trinajstić information content (AvgIpc) is 3.43. The highest BCUT2D eigenvalue weighted by molar-refractivity contribution is 6.30. The summed E-state index contributed by atoms with van der Waals surface area (Å²) < 4.78 is 17.8. The van der Waals surface area contributed by atoms with E-state index in [-0.39, 0.29) is 0 Å². The molecule has 0 aliphatic carbocycles. The second kappa shape index (κ2) is 10.6. The summed E-state index contributed by atoms with van der Waals surface area (Å²) in [7, 11) is 0. The molecule has 0 radical (unpaired) electrons. The van der Waals surface area contributed by atoms with Crippen LogP contribution in [-0.2, 0) is 4.74 Å². The first-order valence-electron chi connectivity index (χ1n) is 7.47.